The van der Waals surface area contributed by atoms with Gasteiger partial charge in [-0.05, 0) is 46.4 Å². The first-order chi connectivity index (χ1) is 17.8. The molecule has 0 radical (unpaired) electrons. The van der Waals surface area contributed by atoms with Crippen molar-refractivity contribution in [2.45, 2.75) is 30.6 Å². The molecule has 6 rings (SSSR count). The highest BCUT2D eigenvalue weighted by atomic mass is 19.4. The van der Waals surface area contributed by atoms with Gasteiger partial charge in [0.1, 0.15) is 12.4 Å². The first kappa shape index (κ1) is 23.7. The van der Waals surface area contributed by atoms with E-state index in [1.54, 1.807) is 11.0 Å². The van der Waals surface area contributed by atoms with Gasteiger partial charge in [0.2, 0.25) is 0 Å². The third kappa shape index (κ3) is 4.19. The topological polar surface area (TPSA) is 38.8 Å². The molecule has 0 N–H and O–H groups in total. The number of nitrogens with zero attached hydrogens (tertiary/aromatic N) is 1. The van der Waals surface area contributed by atoms with Crippen LogP contribution in [0, 0.1) is 5.82 Å². The maximum atomic E-state index is 14.7. The van der Waals surface area contributed by atoms with Crippen molar-refractivity contribution in [1.82, 2.24) is 4.90 Å². The van der Waals surface area contributed by atoms with E-state index in [1.807, 2.05) is 36.4 Å². The first-order valence-electron chi connectivity index (χ1n) is 12.1. The molecule has 2 unspecified atom stereocenters. The number of alkyl halides is 3. The zero-order chi connectivity index (χ0) is 25.7. The molecule has 1 aliphatic carbocycles. The predicted molar refractivity (Wildman–Crippen MR) is 129 cm³/mol. The second-order valence-corrected chi connectivity index (χ2v) is 9.56. The van der Waals surface area contributed by atoms with Gasteiger partial charge in [-0.2, -0.15) is 13.2 Å². The molecule has 3 aliphatic rings. The van der Waals surface area contributed by atoms with Crippen LogP contribution in [-0.4, -0.2) is 42.9 Å². The normalized spacial score (nSPS) is 20.8. The number of hydrogen-bond acceptors (Lipinski definition) is 3. The van der Waals surface area contributed by atoms with Gasteiger partial charge in [0.25, 0.3) is 0 Å². The highest BCUT2D eigenvalue weighted by Crippen LogP contribution is 2.45. The van der Waals surface area contributed by atoms with Crippen LogP contribution in [0.5, 0.6) is 0 Å². The number of carbonyl (C=O) groups is 1. The summed E-state index contributed by atoms with van der Waals surface area (Å²) in [5.41, 5.74) is 4.12. The van der Waals surface area contributed by atoms with Gasteiger partial charge in [0.05, 0.1) is 30.9 Å². The molecule has 0 aromatic heterocycles. The second-order valence-electron chi connectivity index (χ2n) is 9.56. The fourth-order valence-corrected chi connectivity index (χ4v) is 5.70. The molecule has 0 spiro atoms. The molecule has 8 heteroatoms. The van der Waals surface area contributed by atoms with E-state index in [1.165, 1.54) is 0 Å². The highest BCUT2D eigenvalue weighted by molar-refractivity contribution is 5.79. The third-order valence-electron chi connectivity index (χ3n) is 7.39. The maximum Gasteiger partial charge on any atom is 0.416 e. The molecule has 2 heterocycles. The van der Waals surface area contributed by atoms with Crippen LogP contribution < -0.4 is 0 Å². The summed E-state index contributed by atoms with van der Waals surface area (Å²) >= 11 is 0. The molecular formula is C29H23F4NO3. The zero-order valence-electron chi connectivity index (χ0n) is 19.7. The molecule has 3 aromatic carbocycles. The fraction of sp³-hybridized carbons (Fsp3) is 0.276. The Balaban J connectivity index is 1.21. The summed E-state index contributed by atoms with van der Waals surface area (Å²) in [6.45, 7) is 0.612. The number of carbonyl (C=O) groups excluding carboxylic acids is 1. The van der Waals surface area contributed by atoms with E-state index < -0.39 is 35.7 Å². The Labute approximate surface area is 211 Å². The summed E-state index contributed by atoms with van der Waals surface area (Å²) in [6, 6.07) is 17.8. The van der Waals surface area contributed by atoms with Crippen LogP contribution in [0.3, 0.4) is 0 Å². The number of rotatable bonds is 3. The maximum absolute atomic E-state index is 14.7. The summed E-state index contributed by atoms with van der Waals surface area (Å²) < 4.78 is 65.0. The molecule has 190 valence electrons. The standard InChI is InChI=1S/C29H23F4NO3/c30-27-13-18(29(31,32)33)9-10-21(27)17-11-19-14-36-15-20(12-17)34(19)28(35)37-16-26-24-7-3-1-5-22(24)23-6-2-4-8-25(23)26/h1-11,13,19-20,26H,12,14-16H2. The molecule has 2 atom stereocenters. The van der Waals surface area contributed by atoms with Crippen LogP contribution in [0.2, 0.25) is 0 Å². The fourth-order valence-electron chi connectivity index (χ4n) is 5.70. The summed E-state index contributed by atoms with van der Waals surface area (Å²) in [5, 5.41) is 0. The van der Waals surface area contributed by atoms with E-state index in [4.69, 9.17) is 9.47 Å². The lowest BCUT2D eigenvalue weighted by atomic mass is 9.89. The smallest absolute Gasteiger partial charge is 0.416 e. The summed E-state index contributed by atoms with van der Waals surface area (Å²) in [5.74, 6) is -1.01. The van der Waals surface area contributed by atoms with Crippen molar-refractivity contribution in [1.29, 1.82) is 0 Å². The van der Waals surface area contributed by atoms with Crippen molar-refractivity contribution in [3.63, 3.8) is 0 Å². The van der Waals surface area contributed by atoms with Gasteiger partial charge in [-0.3, -0.25) is 4.90 Å². The minimum Gasteiger partial charge on any atom is -0.448 e. The van der Waals surface area contributed by atoms with E-state index in [-0.39, 0.29) is 37.7 Å². The van der Waals surface area contributed by atoms with Crippen molar-refractivity contribution in [2.24, 2.45) is 0 Å². The van der Waals surface area contributed by atoms with E-state index in [0.717, 1.165) is 34.4 Å². The minimum atomic E-state index is -4.62. The van der Waals surface area contributed by atoms with Gasteiger partial charge in [0, 0.05) is 11.5 Å². The number of benzene rings is 3. The quantitative estimate of drug-likeness (QED) is 0.371. The van der Waals surface area contributed by atoms with Crippen molar-refractivity contribution in [3.8, 4) is 11.1 Å². The molecule has 0 saturated carbocycles. The van der Waals surface area contributed by atoms with Gasteiger partial charge in [-0.15, -0.1) is 0 Å². The number of hydrogen-bond donors (Lipinski definition) is 0. The molecule has 2 aliphatic heterocycles. The first-order valence-corrected chi connectivity index (χ1v) is 12.1. The summed E-state index contributed by atoms with van der Waals surface area (Å²) in [6.07, 6.45) is -3.15. The molecule has 1 fully saturated rings. The van der Waals surface area contributed by atoms with E-state index >= 15 is 0 Å². The minimum absolute atomic E-state index is 0.0791. The molecule has 4 nitrogen and oxygen atoms in total. The Kier molecular flexibility index (Phi) is 5.79. The summed E-state index contributed by atoms with van der Waals surface area (Å²) in [7, 11) is 0. The lowest BCUT2D eigenvalue weighted by Crippen LogP contribution is -2.56. The molecule has 2 bridgehead atoms. The van der Waals surface area contributed by atoms with Crippen molar-refractivity contribution in [2.75, 3.05) is 19.8 Å². The lowest BCUT2D eigenvalue weighted by molar-refractivity contribution is -0.137. The zero-order valence-corrected chi connectivity index (χ0v) is 19.7. The van der Waals surface area contributed by atoms with Crippen LogP contribution in [0.4, 0.5) is 22.4 Å². The number of fused-ring (bicyclic) bond motifs is 5. The molecule has 3 aromatic rings. The van der Waals surface area contributed by atoms with Gasteiger partial charge < -0.3 is 9.47 Å². The van der Waals surface area contributed by atoms with Crippen molar-refractivity contribution >= 4 is 11.7 Å². The van der Waals surface area contributed by atoms with Crippen LogP contribution in [0.1, 0.15) is 34.6 Å². The Bertz CT molecular complexity index is 1350. The predicted octanol–water partition coefficient (Wildman–Crippen LogP) is 6.65. The number of ether oxygens (including phenoxy) is 2. The third-order valence-corrected chi connectivity index (χ3v) is 7.39. The highest BCUT2D eigenvalue weighted by Gasteiger charge is 2.40. The summed E-state index contributed by atoms with van der Waals surface area (Å²) in [4.78, 5) is 14.9. The van der Waals surface area contributed by atoms with Crippen LogP contribution in [0.25, 0.3) is 16.7 Å². The van der Waals surface area contributed by atoms with Gasteiger partial charge in [-0.25, -0.2) is 9.18 Å². The number of halogens is 4. The Morgan fingerprint density at radius 3 is 2.24 bits per heavy atom. The Hall–Kier alpha value is -3.65. The van der Waals surface area contributed by atoms with Gasteiger partial charge in [0.15, 0.2) is 0 Å². The molecule has 37 heavy (non-hydrogen) atoms. The molecule has 1 amide bonds. The van der Waals surface area contributed by atoms with E-state index in [9.17, 15) is 22.4 Å². The van der Waals surface area contributed by atoms with Crippen LogP contribution in [0.15, 0.2) is 72.8 Å². The van der Waals surface area contributed by atoms with Gasteiger partial charge >= 0.3 is 12.3 Å². The Morgan fingerprint density at radius 1 is 0.946 bits per heavy atom. The average Bonchev–Trinajstić information content (AvgIpc) is 3.19. The number of amides is 1. The van der Waals surface area contributed by atoms with E-state index in [2.05, 4.69) is 12.1 Å². The van der Waals surface area contributed by atoms with Crippen LogP contribution >= 0.6 is 0 Å². The monoisotopic (exact) mass is 509 g/mol. The SMILES string of the molecule is O=C(OCC1c2ccccc2-c2ccccc21)N1C2C=C(c3ccc(C(F)(F)F)cc3F)CC1COC2. The van der Waals surface area contributed by atoms with Crippen LogP contribution in [-0.2, 0) is 15.7 Å². The van der Waals surface area contributed by atoms with Gasteiger partial charge in [-0.1, -0.05) is 60.7 Å². The van der Waals surface area contributed by atoms with E-state index in [0.29, 0.717) is 11.6 Å². The average molecular weight is 509 g/mol. The van der Waals surface area contributed by atoms with Crippen molar-refractivity contribution < 1.29 is 31.8 Å². The second kappa shape index (κ2) is 9.03. The number of morpholine rings is 1. The Morgan fingerprint density at radius 2 is 1.62 bits per heavy atom. The molecular weight excluding hydrogens is 486 g/mol. The van der Waals surface area contributed by atoms with Crippen molar-refractivity contribution in [3.05, 3.63) is 101 Å². The lowest BCUT2D eigenvalue weighted by Gasteiger charge is -2.44. The largest absolute Gasteiger partial charge is 0.448 e. The molecule has 1 saturated heterocycles.